The lowest BCUT2D eigenvalue weighted by Gasteiger charge is -2.30. The van der Waals surface area contributed by atoms with Crippen molar-refractivity contribution in [1.82, 2.24) is 4.90 Å². The zero-order valence-electron chi connectivity index (χ0n) is 11.0. The van der Waals surface area contributed by atoms with Gasteiger partial charge in [-0.1, -0.05) is 6.92 Å². The minimum Gasteiger partial charge on any atom is -0.384 e. The van der Waals surface area contributed by atoms with Crippen LogP contribution in [0.3, 0.4) is 0 Å². The van der Waals surface area contributed by atoms with E-state index in [-0.39, 0.29) is 0 Å². The Bertz CT molecular complexity index is 397. The van der Waals surface area contributed by atoms with Crippen molar-refractivity contribution in [3.8, 4) is 6.07 Å². The third kappa shape index (κ3) is 3.75. The highest BCUT2D eigenvalue weighted by molar-refractivity contribution is 5.47. The molecule has 0 saturated carbocycles. The van der Waals surface area contributed by atoms with E-state index >= 15 is 0 Å². The van der Waals surface area contributed by atoms with Crippen molar-refractivity contribution < 1.29 is 0 Å². The number of nitrogens with one attached hydrogen (secondary N) is 1. The minimum atomic E-state index is 0.713. The van der Waals surface area contributed by atoms with Crippen molar-refractivity contribution in [3.63, 3.8) is 0 Å². The fourth-order valence-corrected chi connectivity index (χ4v) is 2.31. The number of likely N-dealkylation sites (tertiary alicyclic amines) is 1. The maximum atomic E-state index is 8.72. The molecule has 1 aromatic carbocycles. The van der Waals surface area contributed by atoms with E-state index in [0.29, 0.717) is 5.56 Å². The van der Waals surface area contributed by atoms with E-state index in [9.17, 15) is 0 Å². The van der Waals surface area contributed by atoms with Crippen LogP contribution >= 0.6 is 0 Å². The van der Waals surface area contributed by atoms with Crippen LogP contribution in [0.2, 0.25) is 0 Å². The van der Waals surface area contributed by atoms with Crippen molar-refractivity contribution in [2.45, 2.75) is 19.8 Å². The molecule has 3 heteroatoms. The molecule has 0 amide bonds. The molecule has 0 radical (unpaired) electrons. The number of anilines is 1. The Kier molecular flexibility index (Phi) is 4.60. The van der Waals surface area contributed by atoms with Crippen molar-refractivity contribution in [1.29, 1.82) is 5.26 Å². The molecule has 0 bridgehead atoms. The van der Waals surface area contributed by atoms with E-state index < -0.39 is 0 Å². The van der Waals surface area contributed by atoms with E-state index in [2.05, 4.69) is 23.2 Å². The molecule has 1 aromatic rings. The van der Waals surface area contributed by atoms with Crippen LogP contribution in [0.5, 0.6) is 0 Å². The molecule has 0 atom stereocenters. The van der Waals surface area contributed by atoms with Gasteiger partial charge in [-0.05, 0) is 56.1 Å². The van der Waals surface area contributed by atoms with Crippen molar-refractivity contribution in [3.05, 3.63) is 29.8 Å². The lowest BCUT2D eigenvalue weighted by Crippen LogP contribution is -2.36. The average Bonchev–Trinajstić information content (AvgIpc) is 2.42. The van der Waals surface area contributed by atoms with Crippen molar-refractivity contribution in [2.75, 3.05) is 31.5 Å². The fourth-order valence-electron chi connectivity index (χ4n) is 2.31. The van der Waals surface area contributed by atoms with Crippen LogP contribution < -0.4 is 5.32 Å². The first-order valence-corrected chi connectivity index (χ1v) is 6.74. The first kappa shape index (κ1) is 12.9. The van der Waals surface area contributed by atoms with Crippen LogP contribution in [0.15, 0.2) is 24.3 Å². The van der Waals surface area contributed by atoms with Crippen LogP contribution in [0, 0.1) is 17.2 Å². The van der Waals surface area contributed by atoms with Gasteiger partial charge in [0.25, 0.3) is 0 Å². The van der Waals surface area contributed by atoms with E-state index in [1.165, 1.54) is 25.9 Å². The number of rotatable bonds is 4. The Labute approximate surface area is 109 Å². The second-order valence-corrected chi connectivity index (χ2v) is 5.14. The average molecular weight is 243 g/mol. The van der Waals surface area contributed by atoms with Crippen LogP contribution in [0.4, 0.5) is 5.69 Å². The number of piperidine rings is 1. The van der Waals surface area contributed by atoms with Gasteiger partial charge in [0, 0.05) is 18.8 Å². The van der Waals surface area contributed by atoms with E-state index in [0.717, 1.165) is 24.7 Å². The summed E-state index contributed by atoms with van der Waals surface area (Å²) in [5.74, 6) is 0.896. The molecule has 18 heavy (non-hydrogen) atoms. The number of hydrogen-bond donors (Lipinski definition) is 1. The molecule has 1 fully saturated rings. The topological polar surface area (TPSA) is 39.1 Å². The molecule has 0 aromatic heterocycles. The van der Waals surface area contributed by atoms with E-state index in [4.69, 9.17) is 5.26 Å². The molecule has 96 valence electrons. The lowest BCUT2D eigenvalue weighted by atomic mass is 9.99. The normalized spacial score (nSPS) is 17.3. The number of nitrogens with zero attached hydrogens (tertiary/aromatic N) is 2. The highest BCUT2D eigenvalue weighted by Gasteiger charge is 2.14. The monoisotopic (exact) mass is 243 g/mol. The highest BCUT2D eigenvalue weighted by atomic mass is 15.1. The van der Waals surface area contributed by atoms with Crippen LogP contribution in [-0.4, -0.2) is 31.1 Å². The largest absolute Gasteiger partial charge is 0.384 e. The Morgan fingerprint density at radius 1 is 1.28 bits per heavy atom. The molecule has 1 aliphatic heterocycles. The van der Waals surface area contributed by atoms with Crippen LogP contribution in [-0.2, 0) is 0 Å². The van der Waals surface area contributed by atoms with Gasteiger partial charge in [-0.25, -0.2) is 0 Å². The maximum absolute atomic E-state index is 8.72. The highest BCUT2D eigenvalue weighted by Crippen LogP contribution is 2.15. The summed E-state index contributed by atoms with van der Waals surface area (Å²) < 4.78 is 0. The predicted molar refractivity (Wildman–Crippen MR) is 74.5 cm³/mol. The second kappa shape index (κ2) is 6.42. The molecule has 0 unspecified atom stereocenters. The van der Waals surface area contributed by atoms with Gasteiger partial charge in [-0.2, -0.15) is 5.26 Å². The van der Waals surface area contributed by atoms with E-state index in [1.54, 1.807) is 0 Å². The van der Waals surface area contributed by atoms with E-state index in [1.807, 2.05) is 24.3 Å². The molecular weight excluding hydrogens is 222 g/mol. The molecular formula is C15H21N3. The Hall–Kier alpha value is -1.53. The minimum absolute atomic E-state index is 0.713. The molecule has 3 nitrogen and oxygen atoms in total. The third-order valence-electron chi connectivity index (χ3n) is 3.65. The number of benzene rings is 1. The quantitative estimate of drug-likeness (QED) is 0.883. The van der Waals surface area contributed by atoms with Crippen LogP contribution in [0.25, 0.3) is 0 Å². The van der Waals surface area contributed by atoms with Crippen LogP contribution in [0.1, 0.15) is 25.3 Å². The molecule has 0 aliphatic carbocycles. The summed E-state index contributed by atoms with van der Waals surface area (Å²) in [7, 11) is 0. The Morgan fingerprint density at radius 2 is 1.94 bits per heavy atom. The maximum Gasteiger partial charge on any atom is 0.0991 e. The number of hydrogen-bond acceptors (Lipinski definition) is 3. The van der Waals surface area contributed by atoms with Gasteiger partial charge in [0.05, 0.1) is 11.6 Å². The summed E-state index contributed by atoms with van der Waals surface area (Å²) in [5, 5.41) is 12.1. The van der Waals surface area contributed by atoms with Gasteiger partial charge in [0.15, 0.2) is 0 Å². The second-order valence-electron chi connectivity index (χ2n) is 5.14. The van der Waals surface area contributed by atoms with Gasteiger partial charge in [0.2, 0.25) is 0 Å². The molecule has 1 saturated heterocycles. The first-order chi connectivity index (χ1) is 8.78. The first-order valence-electron chi connectivity index (χ1n) is 6.74. The van der Waals surface area contributed by atoms with Gasteiger partial charge in [0.1, 0.15) is 0 Å². The lowest BCUT2D eigenvalue weighted by molar-refractivity contribution is 0.199. The Balaban J connectivity index is 1.70. The fraction of sp³-hybridized carbons (Fsp3) is 0.533. The summed E-state index contributed by atoms with van der Waals surface area (Å²) in [4.78, 5) is 2.52. The van der Waals surface area contributed by atoms with Gasteiger partial charge >= 0.3 is 0 Å². The molecule has 1 N–H and O–H groups in total. The summed E-state index contributed by atoms with van der Waals surface area (Å²) in [5.41, 5.74) is 1.81. The molecule has 1 aliphatic rings. The summed E-state index contributed by atoms with van der Waals surface area (Å²) in [6, 6.07) is 9.77. The molecule has 2 rings (SSSR count). The smallest absolute Gasteiger partial charge is 0.0991 e. The summed E-state index contributed by atoms with van der Waals surface area (Å²) in [6.07, 6.45) is 2.66. The SMILES string of the molecule is CC1CCN(CCNc2ccc(C#N)cc2)CC1. The molecule has 0 spiro atoms. The zero-order valence-corrected chi connectivity index (χ0v) is 11.0. The summed E-state index contributed by atoms with van der Waals surface area (Å²) >= 11 is 0. The van der Waals surface area contributed by atoms with Crippen molar-refractivity contribution in [2.24, 2.45) is 5.92 Å². The zero-order chi connectivity index (χ0) is 12.8. The number of nitriles is 1. The molecule has 1 heterocycles. The van der Waals surface area contributed by atoms with Gasteiger partial charge in [-0.15, -0.1) is 0 Å². The predicted octanol–water partition coefficient (Wildman–Crippen LogP) is 2.70. The standard InChI is InChI=1S/C15H21N3/c1-13-6-9-18(10-7-13)11-8-17-15-4-2-14(12-16)3-5-15/h2-5,13,17H,6-11H2,1H3. The van der Waals surface area contributed by atoms with Gasteiger partial charge < -0.3 is 10.2 Å². The third-order valence-corrected chi connectivity index (χ3v) is 3.65. The Morgan fingerprint density at radius 3 is 2.56 bits per heavy atom. The van der Waals surface area contributed by atoms with Crippen molar-refractivity contribution >= 4 is 5.69 Å². The van der Waals surface area contributed by atoms with Gasteiger partial charge in [-0.3, -0.25) is 0 Å². The summed E-state index contributed by atoms with van der Waals surface area (Å²) in [6.45, 7) is 6.88.